The van der Waals surface area contributed by atoms with Crippen LogP contribution in [0, 0.1) is 11.3 Å². The van der Waals surface area contributed by atoms with E-state index >= 15 is 0 Å². The van der Waals surface area contributed by atoms with Crippen molar-refractivity contribution in [1.29, 1.82) is 5.26 Å². The molecular formula is C11H10N4O2. The number of carboxylic acid groups (broad SMARTS) is 1. The number of benzene rings is 1. The third-order valence-corrected chi connectivity index (χ3v) is 2.28. The molecule has 6 nitrogen and oxygen atoms in total. The van der Waals surface area contributed by atoms with Gasteiger partial charge >= 0.3 is 5.97 Å². The van der Waals surface area contributed by atoms with Crippen LogP contribution in [-0.4, -0.2) is 17.1 Å². The maximum absolute atomic E-state index is 10.8. The van der Waals surface area contributed by atoms with Crippen molar-refractivity contribution in [3.8, 4) is 6.07 Å². The predicted octanol–water partition coefficient (Wildman–Crippen LogP) is 2.06. The summed E-state index contributed by atoms with van der Waals surface area (Å²) in [7, 11) is 0. The molecule has 0 bridgehead atoms. The lowest BCUT2D eigenvalue weighted by atomic mass is 9.99. The summed E-state index contributed by atoms with van der Waals surface area (Å²) in [5.74, 6) is -1.17. The smallest absolute Gasteiger partial charge is 0.312 e. The monoisotopic (exact) mass is 230 g/mol. The van der Waals surface area contributed by atoms with Crippen molar-refractivity contribution in [2.75, 3.05) is 0 Å². The largest absolute Gasteiger partial charge is 0.481 e. The number of hydrogen-bond acceptors (Lipinski definition) is 3. The molecule has 0 aliphatic heterocycles. The first-order valence-corrected chi connectivity index (χ1v) is 4.89. The van der Waals surface area contributed by atoms with Crippen LogP contribution in [-0.2, 0) is 17.6 Å². The molecule has 0 saturated carbocycles. The van der Waals surface area contributed by atoms with E-state index in [0.717, 1.165) is 5.56 Å². The molecule has 0 saturated heterocycles. The average Bonchev–Trinajstić information content (AvgIpc) is 2.31. The van der Waals surface area contributed by atoms with E-state index in [9.17, 15) is 4.79 Å². The summed E-state index contributed by atoms with van der Waals surface area (Å²) < 4.78 is 0. The van der Waals surface area contributed by atoms with Crippen molar-refractivity contribution in [2.45, 2.75) is 18.9 Å². The van der Waals surface area contributed by atoms with Crippen LogP contribution < -0.4 is 0 Å². The molecule has 0 heterocycles. The standard InChI is InChI=1S/C11H10N4O2/c12-6-5-8-3-1-2-4-9(8)7-10(11(16)17)14-15-13/h1-4,10H,5,7H2,(H,16,17). The topological polar surface area (TPSA) is 110 Å². The van der Waals surface area contributed by atoms with Crippen LogP contribution >= 0.6 is 0 Å². The first-order valence-electron chi connectivity index (χ1n) is 4.89. The summed E-state index contributed by atoms with van der Waals surface area (Å²) in [6, 6.07) is 7.89. The zero-order chi connectivity index (χ0) is 12.7. The van der Waals surface area contributed by atoms with Gasteiger partial charge in [0.15, 0.2) is 0 Å². The molecule has 0 aliphatic carbocycles. The van der Waals surface area contributed by atoms with E-state index in [1.165, 1.54) is 0 Å². The Bertz CT molecular complexity index is 498. The van der Waals surface area contributed by atoms with Gasteiger partial charge < -0.3 is 5.11 Å². The van der Waals surface area contributed by atoms with Crippen LogP contribution in [0.25, 0.3) is 10.4 Å². The SMILES string of the molecule is N#CCc1ccccc1CC(N=[N+]=[N-])C(=O)O. The first-order chi connectivity index (χ1) is 8.19. The fourth-order valence-corrected chi connectivity index (χ4v) is 1.46. The Morgan fingerprint density at radius 1 is 1.53 bits per heavy atom. The van der Waals surface area contributed by atoms with Gasteiger partial charge in [0, 0.05) is 4.91 Å². The van der Waals surface area contributed by atoms with Crippen molar-refractivity contribution in [3.05, 3.63) is 45.8 Å². The molecule has 86 valence electrons. The van der Waals surface area contributed by atoms with Crippen molar-refractivity contribution in [3.63, 3.8) is 0 Å². The molecule has 1 atom stereocenters. The number of nitrogens with zero attached hydrogens (tertiary/aromatic N) is 4. The van der Waals surface area contributed by atoms with Gasteiger partial charge in [-0.15, -0.1) is 0 Å². The molecule has 0 amide bonds. The highest BCUT2D eigenvalue weighted by molar-refractivity contribution is 5.74. The summed E-state index contributed by atoms with van der Waals surface area (Å²) in [6.45, 7) is 0. The number of rotatable bonds is 5. The van der Waals surface area contributed by atoms with Crippen LogP contribution in [0.3, 0.4) is 0 Å². The van der Waals surface area contributed by atoms with Gasteiger partial charge in [-0.2, -0.15) is 5.26 Å². The van der Waals surface area contributed by atoms with E-state index in [0.29, 0.717) is 5.56 Å². The second-order valence-corrected chi connectivity index (χ2v) is 3.37. The summed E-state index contributed by atoms with van der Waals surface area (Å²) in [6.07, 6.45) is 0.302. The number of aliphatic carboxylic acids is 1. The molecule has 1 aromatic carbocycles. The zero-order valence-electron chi connectivity index (χ0n) is 8.95. The van der Waals surface area contributed by atoms with Gasteiger partial charge in [0.2, 0.25) is 0 Å². The van der Waals surface area contributed by atoms with E-state index in [2.05, 4.69) is 10.0 Å². The van der Waals surface area contributed by atoms with Gasteiger partial charge in [-0.3, -0.25) is 4.79 Å². The van der Waals surface area contributed by atoms with E-state index in [1.54, 1.807) is 24.3 Å². The number of nitriles is 1. The minimum atomic E-state index is -1.17. The second-order valence-electron chi connectivity index (χ2n) is 3.37. The van der Waals surface area contributed by atoms with Gasteiger partial charge in [-0.25, -0.2) is 0 Å². The van der Waals surface area contributed by atoms with Crippen molar-refractivity contribution < 1.29 is 9.90 Å². The highest BCUT2D eigenvalue weighted by Gasteiger charge is 2.17. The molecule has 1 unspecified atom stereocenters. The Kier molecular flexibility index (Phi) is 4.55. The quantitative estimate of drug-likeness (QED) is 0.474. The fraction of sp³-hybridized carbons (Fsp3) is 0.273. The van der Waals surface area contributed by atoms with Crippen LogP contribution in [0.1, 0.15) is 11.1 Å². The Morgan fingerprint density at radius 3 is 2.71 bits per heavy atom. The van der Waals surface area contributed by atoms with E-state index in [-0.39, 0.29) is 12.8 Å². The molecule has 0 aromatic heterocycles. The molecule has 1 aromatic rings. The minimum Gasteiger partial charge on any atom is -0.481 e. The van der Waals surface area contributed by atoms with E-state index in [4.69, 9.17) is 15.9 Å². The van der Waals surface area contributed by atoms with Crippen LogP contribution in [0.4, 0.5) is 0 Å². The third kappa shape index (κ3) is 3.52. The van der Waals surface area contributed by atoms with Crippen LogP contribution in [0.2, 0.25) is 0 Å². The molecule has 0 aliphatic rings. The molecule has 17 heavy (non-hydrogen) atoms. The molecule has 0 radical (unpaired) electrons. The van der Waals surface area contributed by atoms with Gasteiger partial charge in [-0.1, -0.05) is 29.4 Å². The zero-order valence-corrected chi connectivity index (χ0v) is 8.95. The average molecular weight is 230 g/mol. The van der Waals surface area contributed by atoms with Crippen molar-refractivity contribution in [2.24, 2.45) is 5.11 Å². The molecular weight excluding hydrogens is 220 g/mol. The molecule has 0 spiro atoms. The van der Waals surface area contributed by atoms with Crippen LogP contribution in [0.15, 0.2) is 29.4 Å². The van der Waals surface area contributed by atoms with Gasteiger partial charge in [0.25, 0.3) is 0 Å². The number of carbonyl (C=O) groups is 1. The Labute approximate surface area is 97.7 Å². The lowest BCUT2D eigenvalue weighted by molar-refractivity contribution is -0.138. The fourth-order valence-electron chi connectivity index (χ4n) is 1.46. The Hall–Kier alpha value is -2.51. The summed E-state index contributed by atoms with van der Waals surface area (Å²) in [5, 5.41) is 20.7. The summed E-state index contributed by atoms with van der Waals surface area (Å²) >= 11 is 0. The van der Waals surface area contributed by atoms with E-state index in [1.807, 2.05) is 6.07 Å². The van der Waals surface area contributed by atoms with Gasteiger partial charge in [-0.05, 0) is 23.1 Å². The first kappa shape index (κ1) is 12.6. The number of carboxylic acids is 1. The lowest BCUT2D eigenvalue weighted by Crippen LogP contribution is -2.20. The predicted molar refractivity (Wildman–Crippen MR) is 60.0 cm³/mol. The summed E-state index contributed by atoms with van der Waals surface area (Å²) in [4.78, 5) is 13.3. The summed E-state index contributed by atoms with van der Waals surface area (Å²) in [5.41, 5.74) is 9.75. The molecule has 1 rings (SSSR count). The van der Waals surface area contributed by atoms with E-state index < -0.39 is 12.0 Å². The van der Waals surface area contributed by atoms with Gasteiger partial charge in [0.1, 0.15) is 6.04 Å². The second kappa shape index (κ2) is 6.16. The Balaban J connectivity index is 2.97. The molecule has 1 N–H and O–H groups in total. The number of azide groups is 1. The van der Waals surface area contributed by atoms with Crippen molar-refractivity contribution >= 4 is 5.97 Å². The normalized spacial score (nSPS) is 11.0. The lowest BCUT2D eigenvalue weighted by Gasteiger charge is -2.09. The third-order valence-electron chi connectivity index (χ3n) is 2.28. The molecule has 6 heteroatoms. The highest BCUT2D eigenvalue weighted by Crippen LogP contribution is 2.13. The maximum Gasteiger partial charge on any atom is 0.312 e. The Morgan fingerprint density at radius 2 is 2.18 bits per heavy atom. The maximum atomic E-state index is 10.8. The van der Waals surface area contributed by atoms with Gasteiger partial charge in [0.05, 0.1) is 12.5 Å². The minimum absolute atomic E-state index is 0.0945. The van der Waals surface area contributed by atoms with Crippen molar-refractivity contribution in [1.82, 2.24) is 0 Å². The number of hydrogen-bond donors (Lipinski definition) is 1. The van der Waals surface area contributed by atoms with Crippen LogP contribution in [0.5, 0.6) is 0 Å². The highest BCUT2D eigenvalue weighted by atomic mass is 16.4. The molecule has 0 fully saturated rings.